The number of hydrogen-bond donors (Lipinski definition) is 0. The molecule has 0 fully saturated rings. The third-order valence-corrected chi connectivity index (χ3v) is 3.69. The van der Waals surface area contributed by atoms with Gasteiger partial charge in [-0.25, -0.2) is 8.78 Å². The minimum absolute atomic E-state index is 0. The van der Waals surface area contributed by atoms with Gasteiger partial charge in [0.2, 0.25) is 0 Å². The predicted octanol–water partition coefficient (Wildman–Crippen LogP) is 4.34. The van der Waals surface area contributed by atoms with Crippen molar-refractivity contribution in [3.8, 4) is 0 Å². The molecular weight excluding hydrogens is 318 g/mol. The number of para-hydroxylation sites is 1. The van der Waals surface area contributed by atoms with E-state index in [0.717, 1.165) is 29.6 Å². The Hall–Kier alpha value is -2.20. The molecule has 23 heavy (non-hydrogen) atoms. The number of aliphatic imine (C=N–C) groups is 1. The van der Waals surface area contributed by atoms with Crippen molar-refractivity contribution in [1.29, 1.82) is 0 Å². The number of anilines is 1. The van der Waals surface area contributed by atoms with Gasteiger partial charge < -0.3 is 4.90 Å². The Morgan fingerprint density at radius 3 is 2.61 bits per heavy atom. The van der Waals surface area contributed by atoms with Crippen molar-refractivity contribution >= 4 is 29.9 Å². The van der Waals surface area contributed by atoms with E-state index in [4.69, 9.17) is 0 Å². The molecule has 120 valence electrons. The first-order valence-corrected chi connectivity index (χ1v) is 7.13. The lowest BCUT2D eigenvalue weighted by molar-refractivity contribution is 0.508. The maximum atomic E-state index is 13.3. The number of benzodiazepines with no additional fused rings is 1. The highest BCUT2D eigenvalue weighted by atomic mass is 35.5. The number of fused-ring (bicyclic) bond motifs is 1. The minimum Gasteiger partial charge on any atom is -0.372 e. The van der Waals surface area contributed by atoms with Crippen LogP contribution in [0.3, 0.4) is 0 Å². The van der Waals surface area contributed by atoms with Crippen molar-refractivity contribution in [2.45, 2.75) is 0 Å². The predicted molar refractivity (Wildman–Crippen MR) is 93.8 cm³/mol. The van der Waals surface area contributed by atoms with Gasteiger partial charge in [-0.3, -0.25) is 4.99 Å². The fraction of sp³-hybridized carbons (Fsp3) is 0.167. The topological polar surface area (TPSA) is 15.6 Å². The molecule has 0 amide bonds. The molecule has 0 atom stereocenters. The first-order chi connectivity index (χ1) is 10.6. The van der Waals surface area contributed by atoms with Crippen LogP contribution in [-0.2, 0) is 0 Å². The number of rotatable bonds is 2. The van der Waals surface area contributed by atoms with E-state index in [1.54, 1.807) is 12.1 Å². The fourth-order valence-electron chi connectivity index (χ4n) is 2.48. The van der Waals surface area contributed by atoms with Crippen molar-refractivity contribution < 1.29 is 8.78 Å². The van der Waals surface area contributed by atoms with Gasteiger partial charge in [-0.1, -0.05) is 30.3 Å². The van der Waals surface area contributed by atoms with Gasteiger partial charge in [-0.05, 0) is 29.8 Å². The first kappa shape index (κ1) is 17.2. The smallest absolute Gasteiger partial charge is 0.159 e. The molecule has 5 heteroatoms. The molecule has 0 aliphatic carbocycles. The molecule has 3 rings (SSSR count). The Balaban J connectivity index is 0.00000192. The number of nitrogens with zero attached hydrogens (tertiary/aromatic N) is 2. The Morgan fingerprint density at radius 2 is 1.83 bits per heavy atom. The zero-order chi connectivity index (χ0) is 15.5. The van der Waals surface area contributed by atoms with Crippen molar-refractivity contribution in [3.63, 3.8) is 0 Å². The van der Waals surface area contributed by atoms with Gasteiger partial charge in [-0.2, -0.15) is 0 Å². The molecule has 1 heterocycles. The third-order valence-electron chi connectivity index (χ3n) is 3.69. The second-order valence-electron chi connectivity index (χ2n) is 5.21. The Kier molecular flexibility index (Phi) is 5.50. The average Bonchev–Trinajstić information content (AvgIpc) is 2.68. The summed E-state index contributed by atoms with van der Waals surface area (Å²) in [7, 11) is 2.04. The molecule has 1 aliphatic rings. The molecule has 0 radical (unpaired) electrons. The number of hydrogen-bond acceptors (Lipinski definition) is 2. The summed E-state index contributed by atoms with van der Waals surface area (Å²) in [5.74, 6) is -1.68. The number of likely N-dealkylation sites (N-methyl/N-ethyl adjacent to an activating group) is 1. The van der Waals surface area contributed by atoms with Gasteiger partial charge >= 0.3 is 0 Å². The average molecular weight is 335 g/mol. The van der Waals surface area contributed by atoms with Crippen molar-refractivity contribution in [2.75, 3.05) is 25.0 Å². The lowest BCUT2D eigenvalue weighted by Crippen LogP contribution is -2.20. The summed E-state index contributed by atoms with van der Waals surface area (Å²) in [6, 6.07) is 11.9. The normalized spacial score (nSPS) is 14.0. The van der Waals surface area contributed by atoms with E-state index >= 15 is 0 Å². The van der Waals surface area contributed by atoms with Crippen LogP contribution in [0.4, 0.5) is 14.5 Å². The van der Waals surface area contributed by atoms with Crippen LogP contribution in [0.1, 0.15) is 11.1 Å². The highest BCUT2D eigenvalue weighted by molar-refractivity contribution is 6.14. The third kappa shape index (κ3) is 3.77. The van der Waals surface area contributed by atoms with E-state index < -0.39 is 11.6 Å². The first-order valence-electron chi connectivity index (χ1n) is 7.13. The van der Waals surface area contributed by atoms with Crippen LogP contribution in [0.25, 0.3) is 6.08 Å². The lowest BCUT2D eigenvalue weighted by atomic mass is 10.1. The molecule has 0 aromatic heterocycles. The van der Waals surface area contributed by atoms with Crippen LogP contribution in [0, 0.1) is 11.6 Å². The highest BCUT2D eigenvalue weighted by Gasteiger charge is 2.13. The Labute approximate surface area is 140 Å². The zero-order valence-corrected chi connectivity index (χ0v) is 13.5. The summed E-state index contributed by atoms with van der Waals surface area (Å²) in [6.07, 6.45) is 3.61. The zero-order valence-electron chi connectivity index (χ0n) is 12.7. The summed E-state index contributed by atoms with van der Waals surface area (Å²) >= 11 is 0. The molecule has 0 saturated carbocycles. The quantitative estimate of drug-likeness (QED) is 0.797. The molecule has 0 bridgehead atoms. The van der Waals surface area contributed by atoms with Gasteiger partial charge in [0.15, 0.2) is 11.6 Å². The number of benzene rings is 2. The summed E-state index contributed by atoms with van der Waals surface area (Å²) in [5, 5.41) is 0. The number of allylic oxidation sites excluding steroid dienone is 1. The summed E-state index contributed by atoms with van der Waals surface area (Å²) in [6.45, 7) is 1.54. The Bertz CT molecular complexity index is 756. The Morgan fingerprint density at radius 1 is 1.04 bits per heavy atom. The highest BCUT2D eigenvalue weighted by Crippen LogP contribution is 2.23. The second-order valence-corrected chi connectivity index (χ2v) is 5.21. The second kappa shape index (κ2) is 7.38. The summed E-state index contributed by atoms with van der Waals surface area (Å²) < 4.78 is 26.2. The van der Waals surface area contributed by atoms with Crippen LogP contribution in [0.2, 0.25) is 0 Å². The van der Waals surface area contributed by atoms with Crippen molar-refractivity contribution in [1.82, 2.24) is 0 Å². The van der Waals surface area contributed by atoms with Crippen LogP contribution >= 0.6 is 12.4 Å². The van der Waals surface area contributed by atoms with E-state index in [2.05, 4.69) is 16.0 Å². The van der Waals surface area contributed by atoms with Crippen molar-refractivity contribution in [2.24, 2.45) is 4.99 Å². The van der Waals surface area contributed by atoms with Gasteiger partial charge in [0.1, 0.15) is 0 Å². The van der Waals surface area contributed by atoms with Gasteiger partial charge in [0, 0.05) is 24.8 Å². The van der Waals surface area contributed by atoms with Gasteiger partial charge in [0.25, 0.3) is 0 Å². The summed E-state index contributed by atoms with van der Waals surface area (Å²) in [5.41, 5.74) is 3.62. The lowest BCUT2D eigenvalue weighted by Gasteiger charge is -2.18. The van der Waals surface area contributed by atoms with E-state index in [-0.39, 0.29) is 12.4 Å². The van der Waals surface area contributed by atoms with Gasteiger partial charge in [0.05, 0.1) is 12.3 Å². The maximum Gasteiger partial charge on any atom is 0.159 e. The standard InChI is InChI=1S/C18H16F2N2.ClH/c1-22-11-10-21-17(14-4-2-3-5-18(14)22)9-7-13-6-8-15(19)16(20)12-13;/h2-9,12H,10-11H2,1H3;1H/b9-7+;. The largest absolute Gasteiger partial charge is 0.372 e. The molecular formula is C18H17ClF2N2. The van der Waals surface area contributed by atoms with E-state index in [1.807, 2.05) is 31.3 Å². The number of halogens is 3. The SMILES string of the molecule is CN1CCN=C(/C=C/c2ccc(F)c(F)c2)c2ccccc21.Cl. The molecule has 0 N–H and O–H groups in total. The molecule has 0 saturated heterocycles. The van der Waals surface area contributed by atoms with Crippen LogP contribution in [0.5, 0.6) is 0 Å². The molecule has 2 aromatic carbocycles. The van der Waals surface area contributed by atoms with E-state index in [0.29, 0.717) is 12.1 Å². The van der Waals surface area contributed by atoms with Crippen LogP contribution in [-0.4, -0.2) is 25.8 Å². The molecule has 2 nitrogen and oxygen atoms in total. The minimum atomic E-state index is -0.843. The van der Waals surface area contributed by atoms with Crippen LogP contribution < -0.4 is 4.90 Å². The maximum absolute atomic E-state index is 13.3. The van der Waals surface area contributed by atoms with Gasteiger partial charge in [-0.15, -0.1) is 12.4 Å². The molecule has 0 spiro atoms. The van der Waals surface area contributed by atoms with E-state index in [9.17, 15) is 8.78 Å². The molecule has 2 aromatic rings. The molecule has 1 aliphatic heterocycles. The van der Waals surface area contributed by atoms with Crippen molar-refractivity contribution in [3.05, 3.63) is 71.3 Å². The van der Waals surface area contributed by atoms with E-state index in [1.165, 1.54) is 6.07 Å². The van der Waals surface area contributed by atoms with Crippen LogP contribution in [0.15, 0.2) is 53.5 Å². The summed E-state index contributed by atoms with van der Waals surface area (Å²) in [4.78, 5) is 6.75. The fourth-order valence-corrected chi connectivity index (χ4v) is 2.48. The monoisotopic (exact) mass is 334 g/mol. The molecule has 0 unspecified atom stereocenters.